The molecule has 0 amide bonds. The predicted molar refractivity (Wildman–Crippen MR) is 249 cm³/mol. The number of methoxy groups -OCH3 is 1. The lowest BCUT2D eigenvalue weighted by Gasteiger charge is -2.44. The molecule has 3 aliphatic heterocycles. The van der Waals surface area contributed by atoms with Crippen LogP contribution in [0.5, 0.6) is 11.5 Å². The second-order valence-electron chi connectivity index (χ2n) is 18.2. The Hall–Kier alpha value is -5.63. The van der Waals surface area contributed by atoms with Crippen LogP contribution < -0.4 is 14.5 Å². The molecule has 0 spiro atoms. The summed E-state index contributed by atoms with van der Waals surface area (Å²) in [5, 5.41) is 32.1. The average molecular weight is 884 g/mol. The molecule has 5 heterocycles. The second kappa shape index (κ2) is 16.7. The van der Waals surface area contributed by atoms with Crippen LogP contribution in [-0.2, 0) is 6.42 Å². The molecule has 332 valence electrons. The summed E-state index contributed by atoms with van der Waals surface area (Å²) in [6.07, 6.45) is 2.86. The van der Waals surface area contributed by atoms with Gasteiger partial charge in [-0.3, -0.25) is 14.5 Å². The molecule has 6 aromatic rings. The highest BCUT2D eigenvalue weighted by molar-refractivity contribution is 7.15. The van der Waals surface area contributed by atoms with E-state index in [1.165, 1.54) is 22.6 Å². The molecule has 2 aromatic heterocycles. The molecule has 2 fully saturated rings. The molecule has 13 heteroatoms. The Kier molecular flexibility index (Phi) is 11.1. The third kappa shape index (κ3) is 7.64. The van der Waals surface area contributed by atoms with Crippen molar-refractivity contribution < 1.29 is 23.7 Å². The van der Waals surface area contributed by atoms with Crippen LogP contribution in [0.4, 0.5) is 20.2 Å². The van der Waals surface area contributed by atoms with Gasteiger partial charge in [0.2, 0.25) is 0 Å². The van der Waals surface area contributed by atoms with Crippen molar-refractivity contribution in [2.75, 3.05) is 62.7 Å². The molecule has 0 bridgehead atoms. The average Bonchev–Trinajstić information content (AvgIpc) is 3.78. The molecule has 0 saturated carbocycles. The third-order valence-corrected chi connectivity index (χ3v) is 15.5. The van der Waals surface area contributed by atoms with E-state index in [-0.39, 0.29) is 35.3 Å². The van der Waals surface area contributed by atoms with Gasteiger partial charge in [0.1, 0.15) is 40.0 Å². The van der Waals surface area contributed by atoms with Gasteiger partial charge < -0.3 is 24.7 Å². The summed E-state index contributed by atoms with van der Waals surface area (Å²) in [5.74, 6) is 2.03. The summed E-state index contributed by atoms with van der Waals surface area (Å²) >= 11 is 1.74. The Bertz CT molecular complexity index is 2750. The first-order valence-corrected chi connectivity index (χ1v) is 23.3. The number of benzene rings is 4. The van der Waals surface area contributed by atoms with Crippen molar-refractivity contribution in [3.05, 3.63) is 146 Å². The lowest BCUT2D eigenvalue weighted by Crippen LogP contribution is -2.55. The number of piperidine rings is 1. The van der Waals surface area contributed by atoms with Crippen molar-refractivity contribution in [3.8, 4) is 16.5 Å². The maximum atomic E-state index is 16.2. The quantitative estimate of drug-likeness (QED) is 0.156. The van der Waals surface area contributed by atoms with Crippen molar-refractivity contribution in [2.45, 2.75) is 76.9 Å². The minimum Gasteiger partial charge on any atom is -0.508 e. The minimum absolute atomic E-state index is 0.0443. The normalized spacial score (nSPS) is 20.9. The number of phenolic OH excluding ortho intramolecular Hbond substituents is 1. The fraction of sp³-hybridized carbons (Fsp3) is 0.392. The number of nitrogens with zero attached hydrogens (tertiary/aromatic N) is 7. The van der Waals surface area contributed by atoms with E-state index in [2.05, 4.69) is 68.4 Å². The highest BCUT2D eigenvalue weighted by Gasteiger charge is 2.37. The fourth-order valence-corrected chi connectivity index (χ4v) is 11.9. The number of rotatable bonds is 8. The standard InChI is InChI=1S/C51H55F2N7O3S/c1-30-32(3)64-50-46(30)48(54-31(2)49-56-55-33(4)60(49)50)42-15-12-38(28-45(42)63-5)58-20-18-51(62,19-21-58)29-57-22-24-59(25-23-57)44-17-9-36(27-43(44)53)47-40(34-6-10-37(52)11-7-34)14-8-35-26-39(61)13-16-41(35)47/h6-7,9-13,15-17,26-28,31,40,47,61-62H,8,14,18-25,29H2,1-5H3/t31-,40-,47+/m0/s1. The highest BCUT2D eigenvalue weighted by Crippen LogP contribution is 2.48. The van der Waals surface area contributed by atoms with Gasteiger partial charge in [-0.15, -0.1) is 21.5 Å². The van der Waals surface area contributed by atoms with Gasteiger partial charge in [0, 0.05) is 79.5 Å². The van der Waals surface area contributed by atoms with Gasteiger partial charge in [-0.05, 0) is 136 Å². The number of phenols is 1. The van der Waals surface area contributed by atoms with Crippen LogP contribution in [-0.4, -0.2) is 94.1 Å². The monoisotopic (exact) mass is 883 g/mol. The summed E-state index contributed by atoms with van der Waals surface area (Å²) < 4.78 is 38.4. The lowest BCUT2D eigenvalue weighted by atomic mass is 9.69. The third-order valence-electron chi connectivity index (χ3n) is 14.3. The number of ether oxygens (including phenoxy) is 1. The number of anilines is 2. The van der Waals surface area contributed by atoms with Crippen LogP contribution in [0.2, 0.25) is 0 Å². The van der Waals surface area contributed by atoms with Crippen LogP contribution in [0.1, 0.15) is 99.5 Å². The first kappa shape index (κ1) is 42.3. The first-order chi connectivity index (χ1) is 30.9. The van der Waals surface area contributed by atoms with Gasteiger partial charge in [-0.2, -0.15) is 0 Å². The maximum absolute atomic E-state index is 16.2. The number of hydrogen-bond acceptors (Lipinski definition) is 10. The molecular formula is C51H55F2N7O3S. The van der Waals surface area contributed by atoms with Gasteiger partial charge in [-0.25, -0.2) is 8.78 Å². The van der Waals surface area contributed by atoms with E-state index in [4.69, 9.17) is 9.73 Å². The Balaban J connectivity index is 0.790. The van der Waals surface area contributed by atoms with Crippen LogP contribution >= 0.6 is 11.3 Å². The van der Waals surface area contributed by atoms with Gasteiger partial charge in [0.05, 0.1) is 24.1 Å². The van der Waals surface area contributed by atoms with Gasteiger partial charge in [-0.1, -0.05) is 24.3 Å². The molecule has 4 aliphatic rings. The van der Waals surface area contributed by atoms with E-state index in [9.17, 15) is 14.6 Å². The van der Waals surface area contributed by atoms with Crippen LogP contribution in [0, 0.1) is 32.4 Å². The number of aliphatic imine (C=N–C) groups is 1. The number of aromatic nitrogens is 3. The number of aromatic hydroxyl groups is 1. The van der Waals surface area contributed by atoms with Crippen molar-refractivity contribution in [3.63, 3.8) is 0 Å². The smallest absolute Gasteiger partial charge is 0.162 e. The second-order valence-corrected chi connectivity index (χ2v) is 19.4. The number of thiophene rings is 1. The summed E-state index contributed by atoms with van der Waals surface area (Å²) in [7, 11) is 1.71. The Morgan fingerprint density at radius 2 is 1.59 bits per heavy atom. The molecule has 64 heavy (non-hydrogen) atoms. The number of aryl methyl sites for hydroxylation is 3. The van der Waals surface area contributed by atoms with Crippen molar-refractivity contribution >= 4 is 28.4 Å². The lowest BCUT2D eigenvalue weighted by molar-refractivity contribution is -0.0173. The van der Waals surface area contributed by atoms with Crippen LogP contribution in [0.3, 0.4) is 0 Å². The topological polar surface area (TPSA) is 102 Å². The zero-order valence-corrected chi connectivity index (χ0v) is 37.9. The summed E-state index contributed by atoms with van der Waals surface area (Å²) in [4.78, 5) is 13.2. The van der Waals surface area contributed by atoms with Gasteiger partial charge >= 0.3 is 0 Å². The highest BCUT2D eigenvalue weighted by atomic mass is 32.1. The summed E-state index contributed by atoms with van der Waals surface area (Å²) in [5.41, 5.74) is 8.96. The number of piperazine rings is 1. The first-order valence-electron chi connectivity index (χ1n) is 22.5. The van der Waals surface area contributed by atoms with Crippen molar-refractivity contribution in [1.82, 2.24) is 19.7 Å². The molecule has 2 saturated heterocycles. The Morgan fingerprint density at radius 3 is 2.33 bits per heavy atom. The molecule has 0 unspecified atom stereocenters. The predicted octanol–water partition coefficient (Wildman–Crippen LogP) is 9.17. The van der Waals surface area contributed by atoms with Gasteiger partial charge in [0.15, 0.2) is 5.82 Å². The van der Waals surface area contributed by atoms with E-state index in [1.54, 1.807) is 30.6 Å². The summed E-state index contributed by atoms with van der Waals surface area (Å²) in [6.45, 7) is 13.1. The minimum atomic E-state index is -0.822. The molecule has 10 rings (SSSR count). The van der Waals surface area contributed by atoms with Crippen molar-refractivity contribution in [1.29, 1.82) is 0 Å². The summed E-state index contributed by atoms with van der Waals surface area (Å²) in [6, 6.07) is 23.9. The van der Waals surface area contributed by atoms with E-state index in [1.807, 2.05) is 43.3 Å². The number of aliphatic hydroxyl groups is 1. The SMILES string of the molecule is COc1cc(N2CCC(O)(CN3CCN(c4ccc([C@H]5c6ccc(O)cc6CC[C@H]5c5ccc(F)cc5)cc4F)CC3)CC2)ccc1C1=N[C@@H](C)c2nnc(C)n2-c2sc(C)c(C)c21. The molecule has 4 aromatic carbocycles. The van der Waals surface area contributed by atoms with E-state index >= 15 is 4.39 Å². The molecule has 10 nitrogen and oxygen atoms in total. The van der Waals surface area contributed by atoms with E-state index in [0.717, 1.165) is 93.1 Å². The number of halogens is 2. The number of β-amino-alcohol motifs (C(OH)–C–C–N with tert-alkyl or cyclic N) is 1. The molecule has 0 radical (unpaired) electrons. The van der Waals surface area contributed by atoms with Gasteiger partial charge in [0.25, 0.3) is 0 Å². The number of fused-ring (bicyclic) bond motifs is 4. The maximum Gasteiger partial charge on any atom is 0.162 e. The van der Waals surface area contributed by atoms with Crippen LogP contribution in [0.15, 0.2) is 83.9 Å². The fourth-order valence-electron chi connectivity index (χ4n) is 10.7. The van der Waals surface area contributed by atoms with Crippen LogP contribution in [0.25, 0.3) is 5.00 Å². The Morgan fingerprint density at radius 1 is 0.844 bits per heavy atom. The largest absolute Gasteiger partial charge is 0.508 e. The zero-order valence-electron chi connectivity index (χ0n) is 37.1. The number of hydrogen-bond donors (Lipinski definition) is 2. The molecule has 3 atom stereocenters. The molecular weight excluding hydrogens is 829 g/mol. The van der Waals surface area contributed by atoms with E-state index < -0.39 is 5.60 Å². The molecule has 2 N–H and O–H groups in total. The van der Waals surface area contributed by atoms with Crippen molar-refractivity contribution in [2.24, 2.45) is 4.99 Å². The molecule has 1 aliphatic carbocycles. The Labute approximate surface area is 377 Å². The zero-order chi connectivity index (χ0) is 44.4. The van der Waals surface area contributed by atoms with E-state index in [0.29, 0.717) is 51.3 Å².